The number of carbonyl (C=O) groups excluding carboxylic acids is 1. The first-order valence-electron chi connectivity index (χ1n) is 9.07. The molecule has 0 bridgehead atoms. The van der Waals surface area contributed by atoms with Gasteiger partial charge in [0, 0.05) is 22.8 Å². The molecule has 0 unspecified atom stereocenters. The van der Waals surface area contributed by atoms with Crippen molar-refractivity contribution in [3.05, 3.63) is 93.5 Å². The van der Waals surface area contributed by atoms with Crippen LogP contribution in [0.3, 0.4) is 0 Å². The molecule has 160 valence electrons. The molecule has 0 saturated heterocycles. The van der Waals surface area contributed by atoms with Gasteiger partial charge in [-0.05, 0) is 48.9 Å². The molecule has 0 saturated carbocycles. The van der Waals surface area contributed by atoms with Gasteiger partial charge in [-0.3, -0.25) is 19.2 Å². The second-order valence-corrected chi connectivity index (χ2v) is 8.88. The molecule has 0 aliphatic heterocycles. The Morgan fingerprint density at radius 2 is 1.71 bits per heavy atom. The third-order valence-corrected chi connectivity index (χ3v) is 6.62. The van der Waals surface area contributed by atoms with Crippen molar-refractivity contribution >= 4 is 44.6 Å². The number of nitrogens with one attached hydrogen (secondary N) is 1. The summed E-state index contributed by atoms with van der Waals surface area (Å²) in [6.07, 6.45) is 0. The van der Waals surface area contributed by atoms with Crippen molar-refractivity contribution in [3.63, 3.8) is 0 Å². The highest BCUT2D eigenvalue weighted by atomic mass is 35.5. The van der Waals surface area contributed by atoms with Crippen LogP contribution in [-0.4, -0.2) is 25.8 Å². The SMILES string of the molecule is Cc1ccc(NC(=O)CN(c2ccc([N+](=O)[O-])cc2)S(=O)(=O)c2ccccc2)cc1Cl. The van der Waals surface area contributed by atoms with Crippen molar-refractivity contribution in [2.24, 2.45) is 0 Å². The Morgan fingerprint density at radius 3 is 2.29 bits per heavy atom. The smallest absolute Gasteiger partial charge is 0.269 e. The second kappa shape index (κ2) is 9.15. The molecule has 3 rings (SSSR count). The monoisotopic (exact) mass is 459 g/mol. The molecule has 0 heterocycles. The molecular formula is C21H18ClN3O5S. The number of amides is 1. The summed E-state index contributed by atoms with van der Waals surface area (Å²) in [6, 6.07) is 17.5. The average molecular weight is 460 g/mol. The van der Waals surface area contributed by atoms with Crippen molar-refractivity contribution in [1.29, 1.82) is 0 Å². The molecule has 0 spiro atoms. The molecule has 3 aromatic rings. The highest BCUT2D eigenvalue weighted by Crippen LogP contribution is 2.26. The van der Waals surface area contributed by atoms with Crippen LogP contribution in [0.5, 0.6) is 0 Å². The predicted octanol–water partition coefficient (Wildman–Crippen LogP) is 4.39. The third-order valence-electron chi connectivity index (χ3n) is 4.42. The molecule has 0 radical (unpaired) electrons. The molecule has 1 N–H and O–H groups in total. The van der Waals surface area contributed by atoms with E-state index in [1.54, 1.807) is 36.4 Å². The fourth-order valence-electron chi connectivity index (χ4n) is 2.78. The number of halogens is 1. The highest BCUT2D eigenvalue weighted by molar-refractivity contribution is 7.92. The number of nitro groups is 1. The Hall–Kier alpha value is -3.43. The Labute approximate surface area is 184 Å². The van der Waals surface area contributed by atoms with Gasteiger partial charge >= 0.3 is 0 Å². The quantitative estimate of drug-likeness (QED) is 0.416. The lowest BCUT2D eigenvalue weighted by molar-refractivity contribution is -0.384. The molecule has 0 aliphatic carbocycles. The van der Waals surface area contributed by atoms with Crippen molar-refractivity contribution < 1.29 is 18.1 Å². The topological polar surface area (TPSA) is 110 Å². The van der Waals surface area contributed by atoms with Crippen molar-refractivity contribution in [2.75, 3.05) is 16.2 Å². The summed E-state index contributed by atoms with van der Waals surface area (Å²) < 4.78 is 27.4. The van der Waals surface area contributed by atoms with Crippen molar-refractivity contribution in [2.45, 2.75) is 11.8 Å². The molecule has 31 heavy (non-hydrogen) atoms. The van der Waals surface area contributed by atoms with E-state index in [9.17, 15) is 23.3 Å². The lowest BCUT2D eigenvalue weighted by atomic mass is 10.2. The molecule has 1 amide bonds. The lowest BCUT2D eigenvalue weighted by Gasteiger charge is -2.24. The maximum Gasteiger partial charge on any atom is 0.269 e. The minimum Gasteiger partial charge on any atom is -0.324 e. The van der Waals surface area contributed by atoms with Crippen LogP contribution in [-0.2, 0) is 14.8 Å². The Kier molecular flexibility index (Phi) is 6.57. The lowest BCUT2D eigenvalue weighted by Crippen LogP contribution is -2.38. The molecule has 8 nitrogen and oxygen atoms in total. The van der Waals surface area contributed by atoms with E-state index in [0.29, 0.717) is 10.7 Å². The van der Waals surface area contributed by atoms with Gasteiger partial charge in [-0.25, -0.2) is 8.42 Å². The van der Waals surface area contributed by atoms with Crippen LogP contribution in [0, 0.1) is 17.0 Å². The van der Waals surface area contributed by atoms with E-state index < -0.39 is 27.4 Å². The van der Waals surface area contributed by atoms with Crippen LogP contribution in [0.2, 0.25) is 5.02 Å². The minimum atomic E-state index is -4.11. The maximum absolute atomic E-state index is 13.2. The molecule has 0 fully saturated rings. The number of nitro benzene ring substituents is 1. The molecule has 0 aromatic heterocycles. The fraction of sp³-hybridized carbons (Fsp3) is 0.0952. The zero-order valence-corrected chi connectivity index (χ0v) is 17.9. The average Bonchev–Trinajstić information content (AvgIpc) is 2.75. The van der Waals surface area contributed by atoms with E-state index >= 15 is 0 Å². The summed E-state index contributed by atoms with van der Waals surface area (Å²) in [7, 11) is -4.11. The number of non-ortho nitro benzene ring substituents is 1. The standard InChI is InChI=1S/C21H18ClN3O5S/c1-15-7-8-16(13-20(15)22)23-21(26)14-24(17-9-11-18(12-10-17)25(27)28)31(29,30)19-5-3-2-4-6-19/h2-13H,14H2,1H3,(H,23,26). The van der Waals surface area contributed by atoms with Crippen LogP contribution < -0.4 is 9.62 Å². The zero-order chi connectivity index (χ0) is 22.6. The summed E-state index contributed by atoms with van der Waals surface area (Å²) in [5.41, 5.74) is 1.17. The summed E-state index contributed by atoms with van der Waals surface area (Å²) in [5.74, 6) is -0.599. The summed E-state index contributed by atoms with van der Waals surface area (Å²) in [4.78, 5) is 23.0. The van der Waals surface area contributed by atoms with E-state index in [1.807, 2.05) is 6.92 Å². The van der Waals surface area contributed by atoms with Gasteiger partial charge < -0.3 is 5.32 Å². The Morgan fingerprint density at radius 1 is 1.06 bits per heavy atom. The Bertz CT molecular complexity index is 1220. The highest BCUT2D eigenvalue weighted by Gasteiger charge is 2.27. The fourth-order valence-corrected chi connectivity index (χ4v) is 4.40. The van der Waals surface area contributed by atoms with E-state index in [-0.39, 0.29) is 16.3 Å². The Balaban J connectivity index is 1.94. The number of hydrogen-bond acceptors (Lipinski definition) is 5. The van der Waals surface area contributed by atoms with Crippen molar-refractivity contribution in [1.82, 2.24) is 0 Å². The van der Waals surface area contributed by atoms with E-state index in [0.717, 1.165) is 9.87 Å². The first-order chi connectivity index (χ1) is 14.7. The molecule has 0 atom stereocenters. The first kappa shape index (κ1) is 22.3. The number of hydrogen-bond donors (Lipinski definition) is 1. The van der Waals surface area contributed by atoms with Crippen LogP contribution in [0.15, 0.2) is 77.7 Å². The van der Waals surface area contributed by atoms with Crippen molar-refractivity contribution in [3.8, 4) is 0 Å². The normalized spacial score (nSPS) is 11.0. The third kappa shape index (κ3) is 5.19. The number of sulfonamides is 1. The van der Waals surface area contributed by atoms with Crippen LogP contribution in [0.4, 0.5) is 17.1 Å². The van der Waals surface area contributed by atoms with Gasteiger partial charge in [0.25, 0.3) is 15.7 Å². The molecular weight excluding hydrogens is 442 g/mol. The molecule has 0 aliphatic rings. The number of rotatable bonds is 7. The van der Waals surface area contributed by atoms with Gasteiger partial charge in [0.15, 0.2) is 0 Å². The number of carbonyl (C=O) groups is 1. The number of nitrogens with zero attached hydrogens (tertiary/aromatic N) is 2. The summed E-state index contributed by atoms with van der Waals surface area (Å²) in [5, 5.41) is 14.0. The van der Waals surface area contributed by atoms with Gasteiger partial charge in [0.2, 0.25) is 5.91 Å². The van der Waals surface area contributed by atoms with Crippen LogP contribution >= 0.6 is 11.6 Å². The van der Waals surface area contributed by atoms with Gasteiger partial charge in [-0.2, -0.15) is 0 Å². The summed E-state index contributed by atoms with van der Waals surface area (Å²) in [6.45, 7) is 1.28. The second-order valence-electron chi connectivity index (χ2n) is 6.61. The van der Waals surface area contributed by atoms with Gasteiger partial charge in [-0.1, -0.05) is 35.9 Å². The minimum absolute atomic E-state index is 0.0143. The maximum atomic E-state index is 13.2. The number of aryl methyl sites for hydroxylation is 1. The first-order valence-corrected chi connectivity index (χ1v) is 10.9. The van der Waals surface area contributed by atoms with Gasteiger partial charge in [0.05, 0.1) is 15.5 Å². The largest absolute Gasteiger partial charge is 0.324 e. The van der Waals surface area contributed by atoms with Crippen LogP contribution in [0.25, 0.3) is 0 Å². The van der Waals surface area contributed by atoms with E-state index in [1.165, 1.54) is 36.4 Å². The van der Waals surface area contributed by atoms with Crippen LogP contribution in [0.1, 0.15) is 5.56 Å². The van der Waals surface area contributed by atoms with Gasteiger partial charge in [0.1, 0.15) is 6.54 Å². The molecule has 3 aromatic carbocycles. The van der Waals surface area contributed by atoms with Gasteiger partial charge in [-0.15, -0.1) is 0 Å². The zero-order valence-electron chi connectivity index (χ0n) is 16.4. The summed E-state index contributed by atoms with van der Waals surface area (Å²) >= 11 is 6.08. The van der Waals surface area contributed by atoms with E-state index in [4.69, 9.17) is 11.6 Å². The number of benzene rings is 3. The predicted molar refractivity (Wildman–Crippen MR) is 119 cm³/mol. The van der Waals surface area contributed by atoms with E-state index in [2.05, 4.69) is 5.32 Å². The molecule has 10 heteroatoms. The number of anilines is 2.